The number of aromatic nitrogens is 4. The fourth-order valence-corrected chi connectivity index (χ4v) is 2.96. The third kappa shape index (κ3) is 4.13. The molecule has 3 heterocycles. The summed E-state index contributed by atoms with van der Waals surface area (Å²) in [5.41, 5.74) is 2.36. The first kappa shape index (κ1) is 16.9. The molecule has 1 aromatic carbocycles. The fourth-order valence-electron chi connectivity index (χ4n) is 2.96. The van der Waals surface area contributed by atoms with E-state index in [0.29, 0.717) is 6.04 Å². The lowest BCUT2D eigenvalue weighted by atomic mass is 10.1. The Morgan fingerprint density at radius 3 is 2.88 bits per heavy atom. The lowest BCUT2D eigenvalue weighted by Gasteiger charge is -2.14. The summed E-state index contributed by atoms with van der Waals surface area (Å²) in [6.45, 7) is 2.13. The van der Waals surface area contributed by atoms with Crippen molar-refractivity contribution in [1.29, 1.82) is 0 Å². The van der Waals surface area contributed by atoms with Crippen LogP contribution in [0, 0.1) is 0 Å². The van der Waals surface area contributed by atoms with Gasteiger partial charge in [0.15, 0.2) is 0 Å². The van der Waals surface area contributed by atoms with Gasteiger partial charge >= 0.3 is 0 Å². The van der Waals surface area contributed by atoms with E-state index in [-0.39, 0.29) is 6.47 Å². The van der Waals surface area contributed by atoms with Gasteiger partial charge in [0.2, 0.25) is 0 Å². The minimum absolute atomic E-state index is 0.250. The van der Waals surface area contributed by atoms with Gasteiger partial charge in [0.05, 0.1) is 19.2 Å². The van der Waals surface area contributed by atoms with Gasteiger partial charge < -0.3 is 14.4 Å². The average molecular weight is 340 g/mol. The van der Waals surface area contributed by atoms with E-state index in [0.717, 1.165) is 37.6 Å². The predicted octanol–water partition coefficient (Wildman–Crippen LogP) is 2.46. The summed E-state index contributed by atoms with van der Waals surface area (Å²) >= 11 is 0. The lowest BCUT2D eigenvalue weighted by Crippen LogP contribution is -2.09. The molecule has 7 heteroatoms. The van der Waals surface area contributed by atoms with E-state index >= 15 is 0 Å². The molecule has 1 atom stereocenters. The highest BCUT2D eigenvalue weighted by Crippen LogP contribution is 2.26. The van der Waals surface area contributed by atoms with Gasteiger partial charge in [0.1, 0.15) is 5.82 Å². The van der Waals surface area contributed by atoms with Crippen molar-refractivity contribution in [3.63, 3.8) is 0 Å². The minimum atomic E-state index is -0.250. The molecule has 0 radical (unpaired) electrons. The highest BCUT2D eigenvalue weighted by atomic mass is 16.5. The topological polar surface area (TPSA) is 82.2 Å². The maximum absolute atomic E-state index is 8.36. The number of rotatable bonds is 4. The molecule has 0 bridgehead atoms. The normalized spacial score (nSPS) is 16.2. The van der Waals surface area contributed by atoms with Crippen molar-refractivity contribution in [2.45, 2.75) is 19.0 Å². The third-order valence-electron chi connectivity index (χ3n) is 4.06. The van der Waals surface area contributed by atoms with Crippen LogP contribution in [-0.2, 0) is 16.1 Å². The second kappa shape index (κ2) is 8.25. The SMILES string of the molecule is O=CO.c1cc(Cn2cccn2)cc(-c2nccn2C2CCOC2)c1. The summed E-state index contributed by atoms with van der Waals surface area (Å²) in [7, 11) is 0. The van der Waals surface area contributed by atoms with Crippen LogP contribution < -0.4 is 0 Å². The zero-order chi connectivity index (χ0) is 17.5. The van der Waals surface area contributed by atoms with E-state index in [1.54, 1.807) is 6.20 Å². The Kier molecular flexibility index (Phi) is 5.58. The van der Waals surface area contributed by atoms with Crippen molar-refractivity contribution < 1.29 is 14.6 Å². The van der Waals surface area contributed by atoms with E-state index in [9.17, 15) is 0 Å². The zero-order valence-electron chi connectivity index (χ0n) is 13.7. The number of hydrogen-bond acceptors (Lipinski definition) is 4. The number of benzene rings is 1. The maximum atomic E-state index is 8.36. The first-order chi connectivity index (χ1) is 12.3. The molecule has 1 aliphatic heterocycles. The minimum Gasteiger partial charge on any atom is -0.483 e. The summed E-state index contributed by atoms with van der Waals surface area (Å²) < 4.78 is 9.67. The zero-order valence-corrected chi connectivity index (χ0v) is 13.7. The first-order valence-electron chi connectivity index (χ1n) is 8.07. The van der Waals surface area contributed by atoms with Gasteiger partial charge in [0.25, 0.3) is 6.47 Å². The number of ether oxygens (including phenoxy) is 1. The van der Waals surface area contributed by atoms with Gasteiger partial charge in [-0.3, -0.25) is 9.48 Å². The highest BCUT2D eigenvalue weighted by molar-refractivity contribution is 5.57. The molecule has 1 fully saturated rings. The van der Waals surface area contributed by atoms with Crippen LogP contribution in [0.3, 0.4) is 0 Å². The predicted molar refractivity (Wildman–Crippen MR) is 92.2 cm³/mol. The van der Waals surface area contributed by atoms with Gasteiger partial charge in [-0.1, -0.05) is 18.2 Å². The largest absolute Gasteiger partial charge is 0.483 e. The Labute approximate surface area is 145 Å². The molecule has 0 saturated carbocycles. The monoisotopic (exact) mass is 340 g/mol. The molecule has 0 aliphatic carbocycles. The maximum Gasteiger partial charge on any atom is 0.290 e. The Morgan fingerprint density at radius 1 is 1.28 bits per heavy atom. The molecule has 1 N–H and O–H groups in total. The molecule has 2 aromatic heterocycles. The number of hydrogen-bond donors (Lipinski definition) is 1. The van der Waals surface area contributed by atoms with E-state index < -0.39 is 0 Å². The van der Waals surface area contributed by atoms with Gasteiger partial charge in [-0.05, 0) is 24.1 Å². The molecule has 1 aliphatic rings. The Morgan fingerprint density at radius 2 is 2.16 bits per heavy atom. The summed E-state index contributed by atoms with van der Waals surface area (Å²) in [5.74, 6) is 1.01. The third-order valence-corrected chi connectivity index (χ3v) is 4.06. The van der Waals surface area contributed by atoms with Crippen LogP contribution in [0.1, 0.15) is 18.0 Å². The molecule has 25 heavy (non-hydrogen) atoms. The van der Waals surface area contributed by atoms with Crippen molar-refractivity contribution in [3.05, 3.63) is 60.7 Å². The summed E-state index contributed by atoms with van der Waals surface area (Å²) in [6, 6.07) is 10.8. The van der Waals surface area contributed by atoms with Crippen LogP contribution in [0.15, 0.2) is 55.1 Å². The fraction of sp³-hybridized carbons (Fsp3) is 0.278. The molecular weight excluding hydrogens is 320 g/mol. The summed E-state index contributed by atoms with van der Waals surface area (Å²) in [6.07, 6.45) is 8.75. The van der Waals surface area contributed by atoms with Gasteiger partial charge in [0, 0.05) is 37.0 Å². The van der Waals surface area contributed by atoms with Gasteiger partial charge in [-0.2, -0.15) is 5.10 Å². The highest BCUT2D eigenvalue weighted by Gasteiger charge is 2.20. The molecule has 4 rings (SSSR count). The molecule has 7 nitrogen and oxygen atoms in total. The van der Waals surface area contributed by atoms with Crippen LogP contribution in [0.5, 0.6) is 0 Å². The number of imidazole rings is 1. The number of carbonyl (C=O) groups is 1. The molecule has 1 unspecified atom stereocenters. The van der Waals surface area contributed by atoms with Crippen molar-refractivity contribution in [1.82, 2.24) is 19.3 Å². The lowest BCUT2D eigenvalue weighted by molar-refractivity contribution is -0.122. The van der Waals surface area contributed by atoms with Crippen LogP contribution >= 0.6 is 0 Å². The van der Waals surface area contributed by atoms with Crippen molar-refractivity contribution in [3.8, 4) is 11.4 Å². The van der Waals surface area contributed by atoms with Crippen LogP contribution in [-0.4, -0.2) is 44.1 Å². The standard InChI is InChI=1S/C17H18N4O.CH2O2/c1-3-14(12-20-8-2-6-19-20)11-15(4-1)17-18-7-9-21(17)16-5-10-22-13-16;2-1-3/h1-4,6-9,11,16H,5,10,12-13H2;1H,(H,2,3). The van der Waals surface area contributed by atoms with Crippen molar-refractivity contribution in [2.24, 2.45) is 0 Å². The number of nitrogens with zero attached hydrogens (tertiary/aromatic N) is 4. The molecular formula is C18H20N4O3. The van der Waals surface area contributed by atoms with Crippen LogP contribution in [0.4, 0.5) is 0 Å². The van der Waals surface area contributed by atoms with E-state index in [1.165, 1.54) is 5.56 Å². The van der Waals surface area contributed by atoms with Crippen molar-refractivity contribution in [2.75, 3.05) is 13.2 Å². The van der Waals surface area contributed by atoms with Gasteiger partial charge in [-0.25, -0.2) is 4.98 Å². The molecule has 0 amide bonds. The Bertz CT molecular complexity index is 792. The summed E-state index contributed by atoms with van der Waals surface area (Å²) in [5, 5.41) is 11.2. The molecule has 3 aromatic rings. The van der Waals surface area contributed by atoms with E-state index in [2.05, 4.69) is 45.1 Å². The molecule has 130 valence electrons. The second-order valence-electron chi connectivity index (χ2n) is 5.68. The van der Waals surface area contributed by atoms with Crippen LogP contribution in [0.2, 0.25) is 0 Å². The summed E-state index contributed by atoms with van der Waals surface area (Å²) in [4.78, 5) is 12.9. The second-order valence-corrected chi connectivity index (χ2v) is 5.68. The van der Waals surface area contributed by atoms with Gasteiger partial charge in [-0.15, -0.1) is 0 Å². The molecule has 1 saturated heterocycles. The van der Waals surface area contributed by atoms with Crippen LogP contribution in [0.25, 0.3) is 11.4 Å². The first-order valence-corrected chi connectivity index (χ1v) is 8.07. The quantitative estimate of drug-likeness (QED) is 0.738. The van der Waals surface area contributed by atoms with E-state index in [4.69, 9.17) is 14.6 Å². The molecule has 0 spiro atoms. The van der Waals surface area contributed by atoms with E-state index in [1.807, 2.05) is 23.1 Å². The number of carboxylic acid groups (broad SMARTS) is 1. The van der Waals surface area contributed by atoms with Crippen molar-refractivity contribution >= 4 is 6.47 Å². The average Bonchev–Trinajstić information content (AvgIpc) is 3.37. The Hall–Kier alpha value is -2.93. The smallest absolute Gasteiger partial charge is 0.290 e. The Balaban J connectivity index is 0.000000569.